The van der Waals surface area contributed by atoms with Crippen LogP contribution in [0.4, 0.5) is 13.2 Å². The van der Waals surface area contributed by atoms with Crippen LogP contribution in [0.2, 0.25) is 0 Å². The summed E-state index contributed by atoms with van der Waals surface area (Å²) in [5, 5.41) is 3.56. The molecule has 1 saturated heterocycles. The van der Waals surface area contributed by atoms with Crippen LogP contribution in [-0.2, 0) is 22.4 Å². The number of carbonyl (C=O) groups is 2. The third-order valence-electron chi connectivity index (χ3n) is 7.92. The molecule has 0 aromatic heterocycles. The molecule has 2 bridgehead atoms. The number of ether oxygens (including phenoxy) is 1. The lowest BCUT2D eigenvalue weighted by molar-refractivity contribution is -0.132. The van der Waals surface area contributed by atoms with Crippen LogP contribution in [0.5, 0.6) is 5.75 Å². The van der Waals surface area contributed by atoms with Crippen LogP contribution in [0.3, 0.4) is 0 Å². The van der Waals surface area contributed by atoms with Crippen LogP contribution >= 0.6 is 0 Å². The average Bonchev–Trinajstić information content (AvgIpc) is 2.99. The summed E-state index contributed by atoms with van der Waals surface area (Å²) < 4.78 is 46.8. The number of amides is 2. The van der Waals surface area contributed by atoms with Gasteiger partial charge in [-0.2, -0.15) is 4.39 Å². The molecular weight excluding hydrogens is 543 g/mol. The second kappa shape index (κ2) is 12.8. The van der Waals surface area contributed by atoms with E-state index >= 15 is 0 Å². The van der Waals surface area contributed by atoms with E-state index in [1.807, 2.05) is 54.6 Å². The van der Waals surface area contributed by atoms with E-state index in [9.17, 15) is 22.8 Å². The Morgan fingerprint density at radius 2 is 1.69 bits per heavy atom. The van der Waals surface area contributed by atoms with Crippen molar-refractivity contribution in [3.63, 3.8) is 0 Å². The highest BCUT2D eigenvalue weighted by Crippen LogP contribution is 2.34. The quantitative estimate of drug-likeness (QED) is 0.372. The number of rotatable bonds is 9. The maximum absolute atomic E-state index is 14.0. The lowest BCUT2D eigenvalue weighted by Crippen LogP contribution is -2.61. The number of hydrogen-bond acceptors (Lipinski definition) is 4. The van der Waals surface area contributed by atoms with Gasteiger partial charge in [-0.15, -0.1) is 0 Å². The number of piperazine rings is 1. The summed E-state index contributed by atoms with van der Waals surface area (Å²) in [5.74, 6) is -4.34. The minimum Gasteiger partial charge on any atom is -0.487 e. The predicted molar refractivity (Wildman–Crippen MR) is 154 cm³/mol. The Hall–Kier alpha value is -4.11. The van der Waals surface area contributed by atoms with E-state index in [1.165, 1.54) is 0 Å². The van der Waals surface area contributed by atoms with Gasteiger partial charge >= 0.3 is 0 Å². The lowest BCUT2D eigenvalue weighted by Gasteiger charge is -2.44. The van der Waals surface area contributed by atoms with Gasteiger partial charge in [-0.05, 0) is 47.2 Å². The summed E-state index contributed by atoms with van der Waals surface area (Å²) >= 11 is 0. The van der Waals surface area contributed by atoms with Gasteiger partial charge < -0.3 is 19.9 Å². The zero-order valence-corrected chi connectivity index (χ0v) is 23.7. The molecule has 2 aliphatic heterocycles. The Kier molecular flexibility index (Phi) is 8.97. The minimum atomic E-state index is -1.35. The molecule has 2 amide bonds. The fraction of sp³-hybridized carbons (Fsp3) is 0.333. The third kappa shape index (κ3) is 6.51. The number of halogens is 3. The maximum atomic E-state index is 14.0. The average molecular weight is 578 g/mol. The number of nitrogens with zero attached hydrogens (tertiary/aromatic N) is 2. The van der Waals surface area contributed by atoms with E-state index in [1.54, 1.807) is 23.8 Å². The highest BCUT2D eigenvalue weighted by molar-refractivity contribution is 6.03. The molecule has 0 spiro atoms. The number of benzene rings is 3. The second-order valence-corrected chi connectivity index (χ2v) is 10.9. The van der Waals surface area contributed by atoms with E-state index in [0.29, 0.717) is 44.5 Å². The molecule has 1 fully saturated rings. The standard InChI is InChI=1S/C33H34F3N3O3/c1-21(40)39-19-25-18-26(30(29(20-39)37-25)33(41)38(2)15-13-22-7-4-3-5-8-22)24-10-6-9-23(17-24)14-16-42-32-28(35)12-11-27(34)31(32)36/h3-12,17,25,29,37H,13-16,18-20H2,1-2H3/t25-,29-/m1/s1. The zero-order valence-electron chi connectivity index (χ0n) is 23.7. The van der Waals surface area contributed by atoms with E-state index in [-0.39, 0.29) is 30.5 Å². The molecule has 5 rings (SSSR count). The number of nitrogens with one attached hydrogen (secondary N) is 1. The highest BCUT2D eigenvalue weighted by Gasteiger charge is 2.39. The Labute approximate surface area is 243 Å². The minimum absolute atomic E-state index is 0.000239. The van der Waals surface area contributed by atoms with Gasteiger partial charge in [-0.1, -0.05) is 54.6 Å². The van der Waals surface area contributed by atoms with Gasteiger partial charge in [0, 0.05) is 51.6 Å². The topological polar surface area (TPSA) is 61.9 Å². The van der Waals surface area contributed by atoms with Gasteiger partial charge in [-0.25, -0.2) is 8.78 Å². The first-order valence-corrected chi connectivity index (χ1v) is 14.1. The van der Waals surface area contributed by atoms with Crippen molar-refractivity contribution in [2.45, 2.75) is 38.3 Å². The molecule has 2 heterocycles. The molecule has 0 aliphatic carbocycles. The maximum Gasteiger partial charge on any atom is 0.251 e. The first kappa shape index (κ1) is 29.4. The normalized spacial score (nSPS) is 18.2. The molecule has 2 aliphatic rings. The smallest absolute Gasteiger partial charge is 0.251 e. The summed E-state index contributed by atoms with van der Waals surface area (Å²) in [5.41, 5.74) is 4.43. The second-order valence-electron chi connectivity index (χ2n) is 10.9. The van der Waals surface area contributed by atoms with E-state index in [0.717, 1.165) is 34.4 Å². The predicted octanol–water partition coefficient (Wildman–Crippen LogP) is 4.77. The lowest BCUT2D eigenvalue weighted by atomic mass is 9.82. The van der Waals surface area contributed by atoms with E-state index in [4.69, 9.17) is 4.74 Å². The Morgan fingerprint density at radius 3 is 2.45 bits per heavy atom. The van der Waals surface area contributed by atoms with Crippen molar-refractivity contribution in [3.05, 3.63) is 106 Å². The molecule has 1 N–H and O–H groups in total. The summed E-state index contributed by atoms with van der Waals surface area (Å²) in [6, 6.07) is 18.9. The summed E-state index contributed by atoms with van der Waals surface area (Å²) in [4.78, 5) is 29.8. The SMILES string of the molecule is CC(=O)N1C[C@H]2CC(c3cccc(CCOc4c(F)ccc(F)c4F)c3)=C(C(=O)N(C)CCc3ccccc3)[C@@H](C1)N2. The van der Waals surface area contributed by atoms with Gasteiger partial charge in [-0.3, -0.25) is 9.59 Å². The van der Waals surface area contributed by atoms with Crippen molar-refractivity contribution in [2.24, 2.45) is 0 Å². The van der Waals surface area contributed by atoms with Crippen LogP contribution < -0.4 is 10.1 Å². The molecule has 2 atom stereocenters. The van der Waals surface area contributed by atoms with Crippen LogP contribution in [0.1, 0.15) is 30.0 Å². The van der Waals surface area contributed by atoms with Crippen LogP contribution in [0.15, 0.2) is 72.3 Å². The van der Waals surface area contributed by atoms with E-state index in [2.05, 4.69) is 5.32 Å². The summed E-state index contributed by atoms with van der Waals surface area (Å²) in [6.45, 7) is 2.98. The first-order valence-electron chi connectivity index (χ1n) is 14.1. The molecule has 9 heteroatoms. The van der Waals surface area contributed by atoms with Crippen LogP contribution in [-0.4, -0.2) is 67.0 Å². The highest BCUT2D eigenvalue weighted by atomic mass is 19.2. The zero-order chi connectivity index (χ0) is 29.8. The Balaban J connectivity index is 1.39. The molecule has 0 saturated carbocycles. The van der Waals surface area contributed by atoms with Crippen molar-refractivity contribution in [2.75, 3.05) is 33.3 Å². The van der Waals surface area contributed by atoms with Crippen molar-refractivity contribution >= 4 is 17.4 Å². The Bertz CT molecular complexity index is 1490. The first-order chi connectivity index (χ1) is 20.2. The molecule has 42 heavy (non-hydrogen) atoms. The van der Waals surface area contributed by atoms with Crippen molar-refractivity contribution in [1.29, 1.82) is 0 Å². The van der Waals surface area contributed by atoms with Gasteiger partial charge in [0.1, 0.15) is 0 Å². The van der Waals surface area contributed by atoms with Gasteiger partial charge in [0.2, 0.25) is 11.7 Å². The largest absolute Gasteiger partial charge is 0.487 e. The van der Waals surface area contributed by atoms with Gasteiger partial charge in [0.25, 0.3) is 5.91 Å². The molecule has 220 valence electrons. The molecule has 3 aromatic carbocycles. The summed E-state index contributed by atoms with van der Waals surface area (Å²) in [6.07, 6.45) is 1.60. The molecule has 0 unspecified atom stereocenters. The summed E-state index contributed by atoms with van der Waals surface area (Å²) in [7, 11) is 1.80. The van der Waals surface area contributed by atoms with Gasteiger partial charge in [0.05, 0.1) is 12.6 Å². The third-order valence-corrected chi connectivity index (χ3v) is 7.92. The van der Waals surface area contributed by atoms with E-state index < -0.39 is 23.2 Å². The molecule has 6 nitrogen and oxygen atoms in total. The fourth-order valence-corrected chi connectivity index (χ4v) is 5.70. The monoisotopic (exact) mass is 577 g/mol. The molecule has 3 aromatic rings. The van der Waals surface area contributed by atoms with Crippen molar-refractivity contribution in [1.82, 2.24) is 15.1 Å². The fourth-order valence-electron chi connectivity index (χ4n) is 5.70. The molecule has 0 radical (unpaired) electrons. The number of fused-ring (bicyclic) bond motifs is 2. The van der Waals surface area contributed by atoms with Crippen LogP contribution in [0.25, 0.3) is 5.57 Å². The van der Waals surface area contributed by atoms with Crippen LogP contribution in [0, 0.1) is 17.5 Å². The number of carbonyl (C=O) groups excluding carboxylic acids is 2. The number of hydrogen-bond donors (Lipinski definition) is 1. The Morgan fingerprint density at radius 1 is 0.952 bits per heavy atom. The number of likely N-dealkylation sites (N-methyl/N-ethyl adjacent to an activating group) is 1. The molecular formula is C33H34F3N3O3. The van der Waals surface area contributed by atoms with Gasteiger partial charge in [0.15, 0.2) is 17.4 Å². The van der Waals surface area contributed by atoms with Crippen molar-refractivity contribution < 1.29 is 27.5 Å². The van der Waals surface area contributed by atoms with Crippen molar-refractivity contribution in [3.8, 4) is 5.75 Å².